The first-order chi connectivity index (χ1) is 9.66. The lowest BCUT2D eigenvalue weighted by Gasteiger charge is -2.34. The molecule has 0 saturated carbocycles. The van der Waals surface area contributed by atoms with Gasteiger partial charge in [-0.15, -0.1) is 0 Å². The molecule has 2 rings (SSSR count). The predicted molar refractivity (Wildman–Crippen MR) is 85.2 cm³/mol. The van der Waals surface area contributed by atoms with E-state index in [0.717, 1.165) is 13.0 Å². The summed E-state index contributed by atoms with van der Waals surface area (Å²) in [5.41, 5.74) is 0.117. The number of benzene rings is 1. The number of rotatable bonds is 4. The first-order valence-electron chi connectivity index (χ1n) is 7.55. The molecule has 0 bridgehead atoms. The Balaban J connectivity index is 2.42. The molecule has 1 aliphatic rings. The molecule has 0 aromatic heterocycles. The van der Waals surface area contributed by atoms with Crippen LogP contribution in [-0.4, -0.2) is 17.7 Å². The minimum absolute atomic E-state index is 0.106. The van der Waals surface area contributed by atoms with Crippen LogP contribution >= 0.6 is 11.6 Å². The Morgan fingerprint density at radius 2 is 2.05 bits per heavy atom. The van der Waals surface area contributed by atoms with Gasteiger partial charge in [-0.3, -0.25) is 0 Å². The molecule has 1 aromatic carbocycles. The van der Waals surface area contributed by atoms with E-state index in [4.69, 9.17) is 16.3 Å². The maximum atomic E-state index is 14.3. The van der Waals surface area contributed by atoms with Gasteiger partial charge in [0, 0.05) is 22.5 Å². The van der Waals surface area contributed by atoms with Crippen LogP contribution in [0.25, 0.3) is 0 Å². The molecule has 4 heteroatoms. The average molecular weight is 314 g/mol. The third-order valence-corrected chi connectivity index (χ3v) is 4.50. The fraction of sp³-hybridized carbons (Fsp3) is 0.647. The maximum absolute atomic E-state index is 14.3. The van der Waals surface area contributed by atoms with Crippen LogP contribution in [0, 0.1) is 11.7 Å². The molecule has 2 nitrogen and oxygen atoms in total. The van der Waals surface area contributed by atoms with E-state index in [1.54, 1.807) is 12.1 Å². The van der Waals surface area contributed by atoms with Gasteiger partial charge in [0.25, 0.3) is 0 Å². The molecule has 1 fully saturated rings. The Morgan fingerprint density at radius 3 is 2.57 bits per heavy atom. The topological polar surface area (TPSA) is 21.3 Å². The van der Waals surface area contributed by atoms with Crippen LogP contribution in [0.4, 0.5) is 4.39 Å². The Bertz CT molecular complexity index is 516. The normalized spacial score (nSPS) is 25.0. The van der Waals surface area contributed by atoms with Gasteiger partial charge in [0.1, 0.15) is 5.82 Å². The highest BCUT2D eigenvalue weighted by molar-refractivity contribution is 6.30. The van der Waals surface area contributed by atoms with Crippen LogP contribution < -0.4 is 5.32 Å². The highest BCUT2D eigenvalue weighted by Crippen LogP contribution is 2.48. The Morgan fingerprint density at radius 1 is 1.38 bits per heavy atom. The minimum Gasteiger partial charge on any atom is -0.369 e. The fourth-order valence-corrected chi connectivity index (χ4v) is 3.75. The zero-order valence-electron chi connectivity index (χ0n) is 13.5. The number of halogens is 2. The lowest BCUT2D eigenvalue weighted by Crippen LogP contribution is -2.39. The van der Waals surface area contributed by atoms with Crippen molar-refractivity contribution >= 4 is 11.6 Å². The lowest BCUT2D eigenvalue weighted by molar-refractivity contribution is -0.0779. The van der Waals surface area contributed by atoms with Crippen molar-refractivity contribution in [3.63, 3.8) is 0 Å². The van der Waals surface area contributed by atoms with Crippen LogP contribution in [0.3, 0.4) is 0 Å². The molecule has 1 aromatic rings. The predicted octanol–water partition coefficient (Wildman–Crippen LogP) is 4.72. The molecule has 0 aliphatic carbocycles. The summed E-state index contributed by atoms with van der Waals surface area (Å²) in [5, 5.41) is 3.98. The lowest BCUT2D eigenvalue weighted by atomic mass is 9.78. The molecular weight excluding hydrogens is 289 g/mol. The minimum atomic E-state index is -0.314. The van der Waals surface area contributed by atoms with Gasteiger partial charge in [0.05, 0.1) is 11.2 Å². The average Bonchev–Trinajstić information content (AvgIpc) is 2.57. The molecule has 0 spiro atoms. The zero-order valence-corrected chi connectivity index (χ0v) is 14.2. The van der Waals surface area contributed by atoms with Crippen molar-refractivity contribution in [3.05, 3.63) is 34.6 Å². The van der Waals surface area contributed by atoms with Crippen LogP contribution in [0.5, 0.6) is 0 Å². The largest absolute Gasteiger partial charge is 0.369 e. The van der Waals surface area contributed by atoms with Crippen molar-refractivity contribution in [3.8, 4) is 0 Å². The number of hydrogen-bond donors (Lipinski definition) is 1. The molecule has 0 amide bonds. The van der Waals surface area contributed by atoms with Crippen molar-refractivity contribution in [1.29, 1.82) is 0 Å². The van der Waals surface area contributed by atoms with Gasteiger partial charge in [0.2, 0.25) is 0 Å². The summed E-state index contributed by atoms with van der Waals surface area (Å²) in [5.74, 6) is -0.0359. The van der Waals surface area contributed by atoms with Crippen LogP contribution in [0.1, 0.15) is 52.6 Å². The summed E-state index contributed by atoms with van der Waals surface area (Å²) in [6.07, 6.45) is 0.879. The Hall–Kier alpha value is -0.640. The molecule has 21 heavy (non-hydrogen) atoms. The molecule has 1 aliphatic heterocycles. The monoisotopic (exact) mass is 313 g/mol. The van der Waals surface area contributed by atoms with E-state index in [1.807, 2.05) is 6.92 Å². The maximum Gasteiger partial charge on any atom is 0.128 e. The quantitative estimate of drug-likeness (QED) is 0.868. The summed E-state index contributed by atoms with van der Waals surface area (Å²) >= 11 is 6.07. The first kappa shape index (κ1) is 16.7. The molecule has 0 radical (unpaired) electrons. The fourth-order valence-electron chi connectivity index (χ4n) is 3.57. The molecule has 1 saturated heterocycles. The van der Waals surface area contributed by atoms with E-state index in [2.05, 4.69) is 33.0 Å². The van der Waals surface area contributed by atoms with Crippen molar-refractivity contribution in [1.82, 2.24) is 5.32 Å². The van der Waals surface area contributed by atoms with Gasteiger partial charge in [-0.25, -0.2) is 4.39 Å². The third kappa shape index (κ3) is 3.58. The Kier molecular flexibility index (Phi) is 4.67. The van der Waals surface area contributed by atoms with Crippen molar-refractivity contribution in [2.24, 2.45) is 5.92 Å². The smallest absolute Gasteiger partial charge is 0.128 e. The van der Waals surface area contributed by atoms with Gasteiger partial charge < -0.3 is 10.1 Å². The second-order valence-electron chi connectivity index (χ2n) is 6.98. The van der Waals surface area contributed by atoms with E-state index in [1.165, 1.54) is 6.07 Å². The summed E-state index contributed by atoms with van der Waals surface area (Å²) in [4.78, 5) is 0. The summed E-state index contributed by atoms with van der Waals surface area (Å²) in [6, 6.07) is 4.65. The van der Waals surface area contributed by atoms with Gasteiger partial charge in [-0.05, 0) is 58.9 Å². The highest BCUT2D eigenvalue weighted by atomic mass is 35.5. The second kappa shape index (κ2) is 5.86. The van der Waals surface area contributed by atoms with E-state index < -0.39 is 0 Å². The Labute approximate surface area is 132 Å². The summed E-state index contributed by atoms with van der Waals surface area (Å²) < 4.78 is 20.5. The molecular formula is C17H25ClFNO. The van der Waals surface area contributed by atoms with Gasteiger partial charge in [0.15, 0.2) is 0 Å². The highest BCUT2D eigenvalue weighted by Gasteiger charge is 2.49. The van der Waals surface area contributed by atoms with Crippen LogP contribution in [-0.2, 0) is 4.74 Å². The number of nitrogens with one attached hydrogen (secondary N) is 1. The summed E-state index contributed by atoms with van der Waals surface area (Å²) in [7, 11) is 0. The second-order valence-corrected chi connectivity index (χ2v) is 7.41. The summed E-state index contributed by atoms with van der Waals surface area (Å²) in [6.45, 7) is 11.1. The molecule has 1 N–H and O–H groups in total. The zero-order chi connectivity index (χ0) is 15.8. The van der Waals surface area contributed by atoms with E-state index in [0.29, 0.717) is 10.6 Å². The van der Waals surface area contributed by atoms with Gasteiger partial charge >= 0.3 is 0 Å². The molecule has 1 heterocycles. The van der Waals surface area contributed by atoms with Crippen LogP contribution in [0.2, 0.25) is 5.02 Å². The molecule has 118 valence electrons. The van der Waals surface area contributed by atoms with Gasteiger partial charge in [-0.2, -0.15) is 0 Å². The van der Waals surface area contributed by atoms with Crippen molar-refractivity contribution in [2.75, 3.05) is 6.54 Å². The SMILES string of the molecule is CCNC(c1cc(Cl)ccc1F)C1CC(C)(C)OC1(C)C. The van der Waals surface area contributed by atoms with Gasteiger partial charge in [-0.1, -0.05) is 18.5 Å². The van der Waals surface area contributed by atoms with Crippen LogP contribution in [0.15, 0.2) is 18.2 Å². The molecule has 2 unspecified atom stereocenters. The standard InChI is InChI=1S/C17H25ClFNO/c1-6-20-15(12-9-11(18)7-8-14(12)19)13-10-16(2,3)21-17(13,4)5/h7-9,13,15,20H,6,10H2,1-5H3. The number of hydrogen-bond acceptors (Lipinski definition) is 2. The number of ether oxygens (including phenoxy) is 1. The van der Waals surface area contributed by atoms with E-state index in [9.17, 15) is 4.39 Å². The van der Waals surface area contributed by atoms with Crippen molar-refractivity contribution in [2.45, 2.75) is 58.3 Å². The van der Waals surface area contributed by atoms with E-state index >= 15 is 0 Å². The third-order valence-electron chi connectivity index (χ3n) is 4.26. The first-order valence-corrected chi connectivity index (χ1v) is 7.92. The van der Waals surface area contributed by atoms with Crippen molar-refractivity contribution < 1.29 is 9.13 Å². The molecule has 2 atom stereocenters. The van der Waals surface area contributed by atoms with E-state index in [-0.39, 0.29) is 29.0 Å².